The molecule has 0 radical (unpaired) electrons. The summed E-state index contributed by atoms with van der Waals surface area (Å²) in [6, 6.07) is 7.38. The summed E-state index contributed by atoms with van der Waals surface area (Å²) in [5.41, 5.74) is 2.67. The first-order chi connectivity index (χ1) is 9.29. The Hall–Kier alpha value is -2.30. The lowest BCUT2D eigenvalue weighted by molar-refractivity contribution is 0.0601. The molecule has 1 N–H and O–H groups in total. The lowest BCUT2D eigenvalue weighted by Gasteiger charge is -2.17. The summed E-state index contributed by atoms with van der Waals surface area (Å²) < 4.78 is 6.67. The summed E-state index contributed by atoms with van der Waals surface area (Å²) in [6.45, 7) is 1.92. The van der Waals surface area contributed by atoms with Crippen molar-refractivity contribution in [2.24, 2.45) is 0 Å². The number of hydrogen-bond donors (Lipinski definition) is 1. The van der Waals surface area contributed by atoms with Gasteiger partial charge in [0.1, 0.15) is 5.82 Å². The monoisotopic (exact) mass is 257 g/mol. The SMILES string of the molecule is COC(=O)c1ccc(-c2cnn3c2NCCC3)cc1. The van der Waals surface area contributed by atoms with Crippen molar-refractivity contribution in [3.8, 4) is 11.1 Å². The predicted molar refractivity (Wildman–Crippen MR) is 72.1 cm³/mol. The number of methoxy groups -OCH3 is 1. The minimum absolute atomic E-state index is 0.318. The highest BCUT2D eigenvalue weighted by atomic mass is 16.5. The summed E-state index contributed by atoms with van der Waals surface area (Å²) in [5.74, 6) is 0.735. The number of nitrogens with zero attached hydrogens (tertiary/aromatic N) is 2. The summed E-state index contributed by atoms with van der Waals surface area (Å²) in [5, 5.41) is 7.74. The van der Waals surface area contributed by atoms with E-state index in [9.17, 15) is 4.79 Å². The second kappa shape index (κ2) is 4.76. The number of carbonyl (C=O) groups is 1. The van der Waals surface area contributed by atoms with Crippen LogP contribution in [0.4, 0.5) is 5.82 Å². The average Bonchev–Trinajstić information content (AvgIpc) is 2.90. The number of hydrogen-bond acceptors (Lipinski definition) is 4. The van der Waals surface area contributed by atoms with Crippen LogP contribution in [0.1, 0.15) is 16.8 Å². The molecule has 1 aliphatic rings. The van der Waals surface area contributed by atoms with Gasteiger partial charge in [-0.15, -0.1) is 0 Å². The Morgan fingerprint density at radius 1 is 1.37 bits per heavy atom. The summed E-state index contributed by atoms with van der Waals surface area (Å²) in [4.78, 5) is 11.4. The highest BCUT2D eigenvalue weighted by Gasteiger charge is 2.15. The Kier molecular flexibility index (Phi) is 2.95. The van der Waals surface area contributed by atoms with Crippen molar-refractivity contribution in [3.05, 3.63) is 36.0 Å². The van der Waals surface area contributed by atoms with Gasteiger partial charge in [0.2, 0.25) is 0 Å². The normalized spacial score (nSPS) is 13.5. The standard InChI is InChI=1S/C14H15N3O2/c1-19-14(18)11-5-3-10(4-6-11)12-9-16-17-8-2-7-15-13(12)17/h3-6,9,15H,2,7-8H2,1H3. The Bertz CT molecular complexity index is 602. The van der Waals surface area contributed by atoms with Crippen molar-refractivity contribution >= 4 is 11.8 Å². The molecule has 3 rings (SSSR count). The molecule has 0 spiro atoms. The van der Waals surface area contributed by atoms with Crippen LogP contribution in [-0.2, 0) is 11.3 Å². The van der Waals surface area contributed by atoms with Gasteiger partial charge >= 0.3 is 5.97 Å². The lowest BCUT2D eigenvalue weighted by Crippen LogP contribution is -2.17. The molecular formula is C14H15N3O2. The first-order valence-electron chi connectivity index (χ1n) is 6.28. The van der Waals surface area contributed by atoms with E-state index in [2.05, 4.69) is 15.2 Å². The van der Waals surface area contributed by atoms with E-state index in [0.29, 0.717) is 5.56 Å². The van der Waals surface area contributed by atoms with Crippen LogP contribution in [0, 0.1) is 0 Å². The molecule has 5 heteroatoms. The molecule has 2 aromatic rings. The van der Waals surface area contributed by atoms with E-state index in [1.807, 2.05) is 23.0 Å². The van der Waals surface area contributed by atoms with E-state index in [-0.39, 0.29) is 5.97 Å². The Morgan fingerprint density at radius 2 is 2.16 bits per heavy atom. The van der Waals surface area contributed by atoms with Crippen molar-refractivity contribution < 1.29 is 9.53 Å². The van der Waals surface area contributed by atoms with E-state index in [4.69, 9.17) is 0 Å². The third kappa shape index (κ3) is 2.07. The van der Waals surface area contributed by atoms with Gasteiger partial charge in [-0.3, -0.25) is 0 Å². The number of carbonyl (C=O) groups excluding carboxylic acids is 1. The number of rotatable bonds is 2. The molecule has 98 valence electrons. The molecule has 1 aromatic carbocycles. The quantitative estimate of drug-likeness (QED) is 0.837. The van der Waals surface area contributed by atoms with E-state index in [0.717, 1.165) is 36.5 Å². The number of benzene rings is 1. The Balaban J connectivity index is 1.94. The van der Waals surface area contributed by atoms with Crippen LogP contribution in [0.5, 0.6) is 0 Å². The van der Waals surface area contributed by atoms with Gasteiger partial charge in [-0.2, -0.15) is 5.10 Å². The van der Waals surface area contributed by atoms with Gasteiger partial charge in [0.15, 0.2) is 0 Å². The maximum absolute atomic E-state index is 11.4. The van der Waals surface area contributed by atoms with Crippen LogP contribution in [0.2, 0.25) is 0 Å². The van der Waals surface area contributed by atoms with Gasteiger partial charge in [0.25, 0.3) is 0 Å². The molecular weight excluding hydrogens is 242 g/mol. The zero-order chi connectivity index (χ0) is 13.2. The van der Waals surface area contributed by atoms with Crippen molar-refractivity contribution in [2.75, 3.05) is 19.0 Å². The van der Waals surface area contributed by atoms with E-state index in [1.54, 1.807) is 12.1 Å². The fraction of sp³-hybridized carbons (Fsp3) is 0.286. The van der Waals surface area contributed by atoms with Gasteiger partial charge in [-0.05, 0) is 24.1 Å². The summed E-state index contributed by atoms with van der Waals surface area (Å²) in [6.07, 6.45) is 2.95. The van der Waals surface area contributed by atoms with Crippen LogP contribution in [0.3, 0.4) is 0 Å². The second-order valence-electron chi connectivity index (χ2n) is 4.48. The third-order valence-electron chi connectivity index (χ3n) is 3.30. The Morgan fingerprint density at radius 3 is 2.89 bits per heavy atom. The number of ether oxygens (including phenoxy) is 1. The fourth-order valence-corrected chi connectivity index (χ4v) is 2.29. The highest BCUT2D eigenvalue weighted by Crippen LogP contribution is 2.29. The molecule has 0 amide bonds. The minimum Gasteiger partial charge on any atom is -0.465 e. The molecule has 0 bridgehead atoms. The van der Waals surface area contributed by atoms with Gasteiger partial charge in [0.05, 0.1) is 18.9 Å². The van der Waals surface area contributed by atoms with Gasteiger partial charge < -0.3 is 10.1 Å². The summed E-state index contributed by atoms with van der Waals surface area (Å²) >= 11 is 0. The van der Waals surface area contributed by atoms with Crippen molar-refractivity contribution in [2.45, 2.75) is 13.0 Å². The van der Waals surface area contributed by atoms with Crippen LogP contribution >= 0.6 is 0 Å². The highest BCUT2D eigenvalue weighted by molar-refractivity contribution is 5.90. The van der Waals surface area contributed by atoms with Crippen LogP contribution in [0.15, 0.2) is 30.5 Å². The van der Waals surface area contributed by atoms with E-state index < -0.39 is 0 Å². The second-order valence-corrected chi connectivity index (χ2v) is 4.48. The maximum Gasteiger partial charge on any atom is 0.337 e. The van der Waals surface area contributed by atoms with Gasteiger partial charge in [0, 0.05) is 18.7 Å². The van der Waals surface area contributed by atoms with E-state index >= 15 is 0 Å². The molecule has 0 unspecified atom stereocenters. The number of nitrogens with one attached hydrogen (secondary N) is 1. The first-order valence-corrected chi connectivity index (χ1v) is 6.28. The number of anilines is 1. The lowest BCUT2D eigenvalue weighted by atomic mass is 10.1. The molecule has 5 nitrogen and oxygen atoms in total. The molecule has 2 heterocycles. The average molecular weight is 257 g/mol. The minimum atomic E-state index is -0.318. The number of fused-ring (bicyclic) bond motifs is 1. The molecule has 0 fully saturated rings. The predicted octanol–water partition coefficient (Wildman–Crippen LogP) is 2.15. The van der Waals surface area contributed by atoms with Crippen molar-refractivity contribution in [3.63, 3.8) is 0 Å². The maximum atomic E-state index is 11.4. The smallest absolute Gasteiger partial charge is 0.337 e. The molecule has 1 aliphatic heterocycles. The van der Waals surface area contributed by atoms with Crippen LogP contribution < -0.4 is 5.32 Å². The van der Waals surface area contributed by atoms with Crippen molar-refractivity contribution in [1.29, 1.82) is 0 Å². The molecule has 0 atom stereocenters. The zero-order valence-corrected chi connectivity index (χ0v) is 10.7. The van der Waals surface area contributed by atoms with E-state index in [1.165, 1.54) is 7.11 Å². The molecule has 0 aliphatic carbocycles. The molecule has 19 heavy (non-hydrogen) atoms. The molecule has 0 saturated heterocycles. The van der Waals surface area contributed by atoms with Gasteiger partial charge in [-0.25, -0.2) is 9.48 Å². The number of aryl methyl sites for hydroxylation is 1. The topological polar surface area (TPSA) is 56.1 Å². The van der Waals surface area contributed by atoms with Crippen LogP contribution in [-0.4, -0.2) is 29.4 Å². The zero-order valence-electron chi connectivity index (χ0n) is 10.7. The van der Waals surface area contributed by atoms with Crippen molar-refractivity contribution in [1.82, 2.24) is 9.78 Å². The molecule has 0 saturated carbocycles. The van der Waals surface area contributed by atoms with Crippen LogP contribution in [0.25, 0.3) is 11.1 Å². The first kappa shape index (κ1) is 11.8. The van der Waals surface area contributed by atoms with Gasteiger partial charge in [-0.1, -0.05) is 12.1 Å². The molecule has 1 aromatic heterocycles. The summed E-state index contributed by atoms with van der Waals surface area (Å²) in [7, 11) is 1.38. The number of esters is 1. The Labute approximate surface area is 111 Å². The third-order valence-corrected chi connectivity index (χ3v) is 3.30. The fourth-order valence-electron chi connectivity index (χ4n) is 2.29. The number of aromatic nitrogens is 2. The largest absolute Gasteiger partial charge is 0.465 e.